The first-order valence-electron chi connectivity index (χ1n) is 9.66. The van der Waals surface area contributed by atoms with Crippen LogP contribution in [-0.4, -0.2) is 26.6 Å². The van der Waals surface area contributed by atoms with E-state index in [1.165, 1.54) is 0 Å². The largest absolute Gasteiger partial charge is 0.494 e. The van der Waals surface area contributed by atoms with Crippen molar-refractivity contribution in [1.29, 1.82) is 0 Å². The lowest BCUT2D eigenvalue weighted by Crippen LogP contribution is -2.26. The Hall–Kier alpha value is -2.31. The number of para-hydroxylation sites is 1. The molecule has 0 amide bonds. The number of sulfonamides is 1. The lowest BCUT2D eigenvalue weighted by molar-refractivity contribution is 0.335. The van der Waals surface area contributed by atoms with E-state index >= 15 is 0 Å². The van der Waals surface area contributed by atoms with Crippen LogP contribution in [0.1, 0.15) is 43.5 Å². The average molecular weight is 401 g/mol. The smallest absolute Gasteiger partial charge is 0.240 e. The van der Waals surface area contributed by atoms with Gasteiger partial charge in [-0.3, -0.25) is 0 Å². The molecule has 6 heteroatoms. The Bertz CT molecular complexity index is 1070. The van der Waals surface area contributed by atoms with Gasteiger partial charge in [-0.25, -0.2) is 13.1 Å². The molecular formula is C22H28N2O3S. The molecule has 0 fully saturated rings. The number of H-pyrrole nitrogens is 1. The Morgan fingerprint density at radius 1 is 1.14 bits per heavy atom. The van der Waals surface area contributed by atoms with Crippen molar-refractivity contribution in [2.45, 2.75) is 44.9 Å². The van der Waals surface area contributed by atoms with Crippen LogP contribution in [0.3, 0.4) is 0 Å². The molecule has 0 spiro atoms. The first-order valence-corrected chi connectivity index (χ1v) is 11.1. The lowest BCUT2D eigenvalue weighted by Gasteiger charge is -2.15. The van der Waals surface area contributed by atoms with Crippen molar-refractivity contribution in [2.24, 2.45) is 0 Å². The average Bonchev–Trinajstić information content (AvgIpc) is 2.97. The molecule has 1 heterocycles. The van der Waals surface area contributed by atoms with E-state index in [0.29, 0.717) is 19.6 Å². The van der Waals surface area contributed by atoms with Gasteiger partial charge in [0, 0.05) is 23.1 Å². The molecule has 28 heavy (non-hydrogen) atoms. The molecular weight excluding hydrogens is 372 g/mol. The first-order chi connectivity index (χ1) is 13.3. The summed E-state index contributed by atoms with van der Waals surface area (Å²) in [5.41, 5.74) is 4.19. The lowest BCUT2D eigenvalue weighted by atomic mass is 10.0. The van der Waals surface area contributed by atoms with Crippen LogP contribution in [0.15, 0.2) is 47.4 Å². The van der Waals surface area contributed by atoms with Gasteiger partial charge >= 0.3 is 0 Å². The fraction of sp³-hybridized carbons (Fsp3) is 0.364. The zero-order chi connectivity index (χ0) is 20.3. The van der Waals surface area contributed by atoms with Crippen LogP contribution in [0, 0.1) is 6.92 Å². The van der Waals surface area contributed by atoms with Gasteiger partial charge in [0.15, 0.2) is 0 Å². The van der Waals surface area contributed by atoms with Crippen molar-refractivity contribution >= 4 is 20.9 Å². The molecule has 150 valence electrons. The van der Waals surface area contributed by atoms with Crippen molar-refractivity contribution in [3.05, 3.63) is 59.3 Å². The molecule has 0 bridgehead atoms. The van der Waals surface area contributed by atoms with Gasteiger partial charge in [-0.1, -0.05) is 32.0 Å². The number of fused-ring (bicyclic) bond motifs is 1. The third-order valence-electron chi connectivity index (χ3n) is 4.91. The fourth-order valence-electron chi connectivity index (χ4n) is 3.48. The third kappa shape index (κ3) is 4.23. The minimum Gasteiger partial charge on any atom is -0.494 e. The highest BCUT2D eigenvalue weighted by Gasteiger charge is 2.18. The van der Waals surface area contributed by atoms with E-state index < -0.39 is 10.0 Å². The number of nitrogens with one attached hydrogen (secondary N) is 2. The summed E-state index contributed by atoms with van der Waals surface area (Å²) < 4.78 is 34.0. The minimum absolute atomic E-state index is 0.172. The van der Waals surface area contributed by atoms with Crippen molar-refractivity contribution < 1.29 is 13.2 Å². The molecule has 0 aliphatic heterocycles. The van der Waals surface area contributed by atoms with E-state index in [4.69, 9.17) is 4.74 Å². The highest BCUT2D eigenvalue weighted by Crippen LogP contribution is 2.29. The third-order valence-corrected chi connectivity index (χ3v) is 6.37. The Morgan fingerprint density at radius 2 is 1.89 bits per heavy atom. The second kappa shape index (κ2) is 8.37. The summed E-state index contributed by atoms with van der Waals surface area (Å²) in [5, 5.41) is 1.14. The molecule has 0 saturated heterocycles. The predicted octanol–water partition coefficient (Wildman–Crippen LogP) is 4.52. The maximum absolute atomic E-state index is 12.8. The van der Waals surface area contributed by atoms with Crippen molar-refractivity contribution in [3.63, 3.8) is 0 Å². The van der Waals surface area contributed by atoms with Gasteiger partial charge in [-0.2, -0.15) is 0 Å². The highest BCUT2D eigenvalue weighted by molar-refractivity contribution is 7.89. The standard InChI is InChI=1S/C22H28N2O3S/c1-5-27-22-11-10-17(14-20(22)15(2)3)28(25,26)23-13-12-18-16(4)24-21-9-7-6-8-19(18)21/h6-11,14-15,23-24H,5,12-13H2,1-4H3. The van der Waals surface area contributed by atoms with Crippen molar-refractivity contribution in [3.8, 4) is 5.75 Å². The molecule has 0 aliphatic rings. The molecule has 3 rings (SSSR count). The number of rotatable bonds is 8. The number of aromatic amines is 1. The molecule has 0 atom stereocenters. The topological polar surface area (TPSA) is 71.2 Å². The maximum atomic E-state index is 12.8. The van der Waals surface area contributed by atoms with Gasteiger partial charge in [0.05, 0.1) is 11.5 Å². The second-order valence-electron chi connectivity index (χ2n) is 7.21. The van der Waals surface area contributed by atoms with E-state index in [9.17, 15) is 8.42 Å². The van der Waals surface area contributed by atoms with Gasteiger partial charge in [0.1, 0.15) is 5.75 Å². The fourth-order valence-corrected chi connectivity index (χ4v) is 4.55. The molecule has 5 nitrogen and oxygen atoms in total. The number of hydrogen-bond donors (Lipinski definition) is 2. The highest BCUT2D eigenvalue weighted by atomic mass is 32.2. The molecule has 0 aliphatic carbocycles. The number of ether oxygens (including phenoxy) is 1. The van der Waals surface area contributed by atoms with Gasteiger partial charge in [0.2, 0.25) is 10.0 Å². The first kappa shape index (κ1) is 20.4. The van der Waals surface area contributed by atoms with E-state index in [1.54, 1.807) is 18.2 Å². The maximum Gasteiger partial charge on any atom is 0.240 e. The number of aromatic nitrogens is 1. The van der Waals surface area contributed by atoms with Gasteiger partial charge < -0.3 is 9.72 Å². The Morgan fingerprint density at radius 3 is 2.61 bits per heavy atom. The van der Waals surface area contributed by atoms with E-state index in [-0.39, 0.29) is 10.8 Å². The van der Waals surface area contributed by atoms with Crippen LogP contribution in [0.5, 0.6) is 5.75 Å². The van der Waals surface area contributed by atoms with E-state index in [0.717, 1.165) is 33.5 Å². The molecule has 0 radical (unpaired) electrons. The molecule has 1 aromatic heterocycles. The summed E-state index contributed by atoms with van der Waals surface area (Å²) in [6.07, 6.45) is 0.628. The molecule has 0 unspecified atom stereocenters. The molecule has 3 aromatic rings. The summed E-state index contributed by atoms with van der Waals surface area (Å²) in [4.78, 5) is 3.63. The summed E-state index contributed by atoms with van der Waals surface area (Å²) in [5.74, 6) is 0.913. The zero-order valence-electron chi connectivity index (χ0n) is 16.9. The van der Waals surface area contributed by atoms with Gasteiger partial charge in [-0.15, -0.1) is 0 Å². The number of benzene rings is 2. The number of hydrogen-bond acceptors (Lipinski definition) is 3. The SMILES string of the molecule is CCOc1ccc(S(=O)(=O)NCCc2c(C)[nH]c3ccccc23)cc1C(C)C. The molecule has 2 aromatic carbocycles. The van der Waals surface area contributed by atoms with Crippen molar-refractivity contribution in [1.82, 2.24) is 9.71 Å². The summed E-state index contributed by atoms with van der Waals surface area (Å²) >= 11 is 0. The molecule has 2 N–H and O–H groups in total. The second-order valence-corrected chi connectivity index (χ2v) is 8.98. The molecule has 0 saturated carbocycles. The Balaban J connectivity index is 1.77. The van der Waals surface area contributed by atoms with Gasteiger partial charge in [-0.05, 0) is 61.6 Å². The van der Waals surface area contributed by atoms with Crippen LogP contribution < -0.4 is 9.46 Å². The van der Waals surface area contributed by atoms with Crippen LogP contribution in [0.2, 0.25) is 0 Å². The minimum atomic E-state index is -3.58. The quantitative estimate of drug-likeness (QED) is 0.584. The predicted molar refractivity (Wildman–Crippen MR) is 114 cm³/mol. The van der Waals surface area contributed by atoms with E-state index in [2.05, 4.69) is 15.8 Å². The van der Waals surface area contributed by atoms with Crippen LogP contribution in [0.25, 0.3) is 10.9 Å². The zero-order valence-corrected chi connectivity index (χ0v) is 17.7. The van der Waals surface area contributed by atoms with Crippen LogP contribution in [-0.2, 0) is 16.4 Å². The monoisotopic (exact) mass is 400 g/mol. The Labute approximate surface area is 167 Å². The normalized spacial score (nSPS) is 12.0. The number of aryl methyl sites for hydroxylation is 1. The van der Waals surface area contributed by atoms with Crippen molar-refractivity contribution in [2.75, 3.05) is 13.2 Å². The van der Waals surface area contributed by atoms with Crippen LogP contribution in [0.4, 0.5) is 0 Å². The summed E-state index contributed by atoms with van der Waals surface area (Å²) in [6, 6.07) is 13.1. The van der Waals surface area contributed by atoms with Gasteiger partial charge in [0.25, 0.3) is 0 Å². The summed E-state index contributed by atoms with van der Waals surface area (Å²) in [6.45, 7) is 8.89. The van der Waals surface area contributed by atoms with E-state index in [1.807, 2.05) is 45.9 Å². The Kier molecular flexibility index (Phi) is 6.10. The van der Waals surface area contributed by atoms with Crippen LogP contribution >= 0.6 is 0 Å². The summed E-state index contributed by atoms with van der Waals surface area (Å²) in [7, 11) is -3.58.